The molecular formula is C31H39N3O5S. The molecule has 1 heterocycles. The summed E-state index contributed by atoms with van der Waals surface area (Å²) >= 11 is 1.62. The fourth-order valence-electron chi connectivity index (χ4n) is 5.59. The minimum atomic E-state index is -1.58. The van der Waals surface area contributed by atoms with Crippen LogP contribution in [-0.4, -0.2) is 68.2 Å². The second-order valence-electron chi connectivity index (χ2n) is 10.8. The molecule has 4 rings (SSSR count). The Labute approximate surface area is 240 Å². The molecule has 0 radical (unpaired) electrons. The van der Waals surface area contributed by atoms with E-state index in [0.717, 1.165) is 36.8 Å². The molecule has 2 aromatic carbocycles. The van der Waals surface area contributed by atoms with E-state index in [1.807, 2.05) is 50.3 Å². The summed E-state index contributed by atoms with van der Waals surface area (Å²) in [5.41, 5.74) is 2.53. The molecule has 0 unspecified atom stereocenters. The van der Waals surface area contributed by atoms with Crippen LogP contribution >= 0.6 is 11.8 Å². The number of amides is 3. The van der Waals surface area contributed by atoms with Crippen LogP contribution in [0.25, 0.3) is 0 Å². The summed E-state index contributed by atoms with van der Waals surface area (Å²) in [6, 6.07) is 12.3. The fourth-order valence-corrected chi connectivity index (χ4v) is 7.23. The van der Waals surface area contributed by atoms with Crippen LogP contribution in [-0.2, 0) is 16.0 Å². The van der Waals surface area contributed by atoms with Crippen molar-refractivity contribution in [3.05, 3.63) is 76.9 Å². The number of nitrogens with zero attached hydrogens (tertiary/aromatic N) is 1. The van der Waals surface area contributed by atoms with Gasteiger partial charge in [0.05, 0.1) is 11.9 Å². The normalized spacial score (nSPS) is 19.9. The minimum Gasteiger partial charge on any atom is -0.508 e. The molecule has 0 bridgehead atoms. The quantitative estimate of drug-likeness (QED) is 0.345. The van der Waals surface area contributed by atoms with Crippen LogP contribution in [0.5, 0.6) is 5.75 Å². The molecule has 214 valence electrons. The summed E-state index contributed by atoms with van der Waals surface area (Å²) in [4.78, 5) is 42.3. The Morgan fingerprint density at radius 1 is 1.12 bits per heavy atom. The van der Waals surface area contributed by atoms with Crippen molar-refractivity contribution in [2.75, 3.05) is 12.4 Å². The first-order valence-corrected chi connectivity index (χ1v) is 14.8. The highest BCUT2D eigenvalue weighted by molar-refractivity contribution is 8.01. The zero-order valence-electron chi connectivity index (χ0n) is 23.4. The SMILES string of the molecule is CC=C(C)CNC(=O)[C@H]1N(C(=O)[C@@H](O)[C@H](Cc2ccccc2)NC(=O)c2cccc(O)c2C)CSC12CCCC2. The molecule has 2 aromatic rings. The number of carbonyl (C=O) groups excluding carboxylic acids is 3. The van der Waals surface area contributed by atoms with Crippen LogP contribution < -0.4 is 10.6 Å². The van der Waals surface area contributed by atoms with Gasteiger partial charge < -0.3 is 25.7 Å². The van der Waals surface area contributed by atoms with Crippen LogP contribution in [0.3, 0.4) is 0 Å². The second-order valence-corrected chi connectivity index (χ2v) is 12.1. The van der Waals surface area contributed by atoms with Gasteiger partial charge in [-0.2, -0.15) is 0 Å². The second kappa shape index (κ2) is 12.9. The lowest BCUT2D eigenvalue weighted by Crippen LogP contribution is -2.59. The first-order chi connectivity index (χ1) is 19.2. The largest absolute Gasteiger partial charge is 0.508 e. The lowest BCUT2D eigenvalue weighted by atomic mass is 9.93. The van der Waals surface area contributed by atoms with Crippen molar-refractivity contribution >= 4 is 29.5 Å². The van der Waals surface area contributed by atoms with Crippen molar-refractivity contribution in [3.8, 4) is 5.75 Å². The van der Waals surface area contributed by atoms with E-state index in [1.54, 1.807) is 30.8 Å². The third kappa shape index (κ3) is 6.36. The minimum absolute atomic E-state index is 0.0122. The summed E-state index contributed by atoms with van der Waals surface area (Å²) in [6.45, 7) is 5.89. The first-order valence-electron chi connectivity index (χ1n) is 13.8. The molecule has 1 spiro atoms. The van der Waals surface area contributed by atoms with E-state index in [9.17, 15) is 24.6 Å². The maximum absolute atomic E-state index is 13.9. The molecule has 2 fully saturated rings. The number of hydrogen-bond acceptors (Lipinski definition) is 6. The Morgan fingerprint density at radius 2 is 1.82 bits per heavy atom. The monoisotopic (exact) mass is 565 g/mol. The average molecular weight is 566 g/mol. The summed E-state index contributed by atoms with van der Waals surface area (Å²) < 4.78 is -0.375. The van der Waals surface area contributed by atoms with Gasteiger partial charge in [-0.15, -0.1) is 11.8 Å². The lowest BCUT2D eigenvalue weighted by Gasteiger charge is -2.35. The number of aliphatic hydroxyl groups is 1. The number of allylic oxidation sites excluding steroid dienone is 1. The zero-order valence-corrected chi connectivity index (χ0v) is 24.2. The molecule has 2 aliphatic rings. The van der Waals surface area contributed by atoms with Crippen molar-refractivity contribution in [1.29, 1.82) is 0 Å². The van der Waals surface area contributed by atoms with E-state index < -0.39 is 30.0 Å². The van der Waals surface area contributed by atoms with Crippen LogP contribution in [0, 0.1) is 6.92 Å². The molecular weight excluding hydrogens is 526 g/mol. The zero-order chi connectivity index (χ0) is 28.9. The molecule has 8 nitrogen and oxygen atoms in total. The van der Waals surface area contributed by atoms with Crippen LogP contribution in [0.4, 0.5) is 0 Å². The van der Waals surface area contributed by atoms with Gasteiger partial charge in [-0.1, -0.05) is 60.9 Å². The number of hydrogen-bond donors (Lipinski definition) is 4. The van der Waals surface area contributed by atoms with Gasteiger partial charge in [0.2, 0.25) is 5.91 Å². The van der Waals surface area contributed by atoms with Gasteiger partial charge in [0.25, 0.3) is 11.8 Å². The third-order valence-corrected chi connectivity index (χ3v) is 9.73. The lowest BCUT2D eigenvalue weighted by molar-refractivity contribution is -0.147. The van der Waals surface area contributed by atoms with Gasteiger partial charge in [-0.3, -0.25) is 14.4 Å². The number of phenols is 1. The summed E-state index contributed by atoms with van der Waals surface area (Å²) in [5.74, 6) is -1.00. The Kier molecular flexibility index (Phi) is 9.58. The molecule has 1 aliphatic heterocycles. The highest BCUT2D eigenvalue weighted by atomic mass is 32.2. The van der Waals surface area contributed by atoms with E-state index in [1.165, 1.54) is 11.0 Å². The molecule has 1 saturated heterocycles. The van der Waals surface area contributed by atoms with E-state index in [4.69, 9.17) is 0 Å². The number of phenolic OH excluding ortho intramolecular Hbond substituents is 1. The van der Waals surface area contributed by atoms with Gasteiger partial charge in [0.15, 0.2) is 6.10 Å². The molecule has 40 heavy (non-hydrogen) atoms. The first kappa shape index (κ1) is 29.7. The smallest absolute Gasteiger partial charge is 0.254 e. The molecule has 9 heteroatoms. The third-order valence-electron chi connectivity index (χ3n) is 8.12. The number of aromatic hydroxyl groups is 1. The van der Waals surface area contributed by atoms with Gasteiger partial charge in [0.1, 0.15) is 11.8 Å². The fraction of sp³-hybridized carbons (Fsp3) is 0.452. The molecule has 0 aromatic heterocycles. The van der Waals surface area contributed by atoms with Gasteiger partial charge in [0, 0.05) is 22.4 Å². The van der Waals surface area contributed by atoms with Crippen molar-refractivity contribution in [2.45, 2.75) is 75.8 Å². The Hall–Kier alpha value is -3.30. The summed E-state index contributed by atoms with van der Waals surface area (Å²) in [5, 5.41) is 27.4. The van der Waals surface area contributed by atoms with E-state index >= 15 is 0 Å². The number of benzene rings is 2. The van der Waals surface area contributed by atoms with Gasteiger partial charge in [-0.05, 0) is 57.7 Å². The Balaban J connectivity index is 1.60. The summed E-state index contributed by atoms with van der Waals surface area (Å²) in [7, 11) is 0. The van der Waals surface area contributed by atoms with E-state index in [-0.39, 0.29) is 28.4 Å². The van der Waals surface area contributed by atoms with Gasteiger partial charge in [-0.25, -0.2) is 0 Å². The van der Waals surface area contributed by atoms with Crippen molar-refractivity contribution < 1.29 is 24.6 Å². The van der Waals surface area contributed by atoms with Crippen molar-refractivity contribution in [2.24, 2.45) is 0 Å². The maximum atomic E-state index is 13.9. The number of rotatable bonds is 9. The van der Waals surface area contributed by atoms with Crippen LogP contribution in [0.1, 0.15) is 61.0 Å². The standard InChI is InChI=1S/C31H39N3O5S/c1-4-20(2)18-32-29(38)27-31(15-8-9-16-31)40-19-34(27)30(39)26(36)24(17-22-11-6-5-7-12-22)33-28(37)23-13-10-14-25(35)21(23)3/h4-7,10-14,24,26-27,35-36H,8-9,15-19H2,1-3H3,(H,32,38)(H,33,37)/t24-,26-,27+/m0/s1. The molecule has 3 atom stereocenters. The van der Waals surface area contributed by atoms with E-state index in [0.29, 0.717) is 18.0 Å². The molecule has 3 amide bonds. The van der Waals surface area contributed by atoms with Crippen LogP contribution in [0.15, 0.2) is 60.2 Å². The highest BCUT2D eigenvalue weighted by Crippen LogP contribution is 2.51. The average Bonchev–Trinajstić information content (AvgIpc) is 3.59. The molecule has 4 N–H and O–H groups in total. The number of aliphatic hydroxyl groups excluding tert-OH is 1. The summed E-state index contributed by atoms with van der Waals surface area (Å²) in [6.07, 6.45) is 4.22. The van der Waals surface area contributed by atoms with Crippen molar-refractivity contribution in [1.82, 2.24) is 15.5 Å². The molecule has 1 saturated carbocycles. The van der Waals surface area contributed by atoms with Gasteiger partial charge >= 0.3 is 0 Å². The Morgan fingerprint density at radius 3 is 2.50 bits per heavy atom. The highest BCUT2D eigenvalue weighted by Gasteiger charge is 2.55. The number of nitrogens with one attached hydrogen (secondary N) is 2. The molecule has 1 aliphatic carbocycles. The van der Waals surface area contributed by atoms with Crippen molar-refractivity contribution in [3.63, 3.8) is 0 Å². The van der Waals surface area contributed by atoms with Crippen LogP contribution in [0.2, 0.25) is 0 Å². The topological polar surface area (TPSA) is 119 Å². The maximum Gasteiger partial charge on any atom is 0.254 e. The predicted molar refractivity (Wildman–Crippen MR) is 157 cm³/mol. The predicted octanol–water partition coefficient (Wildman–Crippen LogP) is 3.70. The Bertz CT molecular complexity index is 1260. The number of carbonyl (C=O) groups is 3. The number of thioether (sulfide) groups is 1. The van der Waals surface area contributed by atoms with E-state index in [2.05, 4.69) is 10.6 Å².